The maximum atomic E-state index is 5.20. The van der Waals surface area contributed by atoms with Crippen molar-refractivity contribution in [3.63, 3.8) is 0 Å². The predicted octanol–water partition coefficient (Wildman–Crippen LogP) is 8.68. The molecule has 0 aliphatic carbocycles. The molecule has 2 aliphatic heterocycles. The van der Waals surface area contributed by atoms with Crippen molar-refractivity contribution in [2.24, 2.45) is 0 Å². The van der Waals surface area contributed by atoms with Crippen LogP contribution >= 0.6 is 0 Å². The molecule has 0 unspecified atom stereocenters. The van der Waals surface area contributed by atoms with E-state index in [9.17, 15) is 0 Å². The minimum absolute atomic E-state index is 0.992. The topological polar surface area (TPSA) is 57.4 Å². The van der Waals surface area contributed by atoms with E-state index in [-0.39, 0.29) is 0 Å². The first-order valence-electron chi connectivity index (χ1n) is 13.8. The van der Waals surface area contributed by atoms with Crippen molar-refractivity contribution < 1.29 is 0 Å². The van der Waals surface area contributed by atoms with E-state index in [1.54, 1.807) is 0 Å². The van der Waals surface area contributed by atoms with E-state index < -0.39 is 0 Å². The summed E-state index contributed by atoms with van der Waals surface area (Å²) >= 11 is 0. The summed E-state index contributed by atoms with van der Waals surface area (Å²) in [6, 6.07) is 11.0. The Balaban J connectivity index is 1.84. The Bertz CT molecular complexity index is 1340. The van der Waals surface area contributed by atoms with Crippen LogP contribution in [-0.2, 0) is 19.3 Å². The van der Waals surface area contributed by atoms with Gasteiger partial charge in [0.2, 0.25) is 0 Å². The van der Waals surface area contributed by atoms with E-state index in [2.05, 4.69) is 85.4 Å². The number of rotatable bonds is 9. The van der Waals surface area contributed by atoms with Crippen molar-refractivity contribution in [1.82, 2.24) is 19.9 Å². The van der Waals surface area contributed by atoms with E-state index in [1.807, 2.05) is 0 Å². The summed E-state index contributed by atoms with van der Waals surface area (Å²) < 4.78 is 0. The van der Waals surface area contributed by atoms with Gasteiger partial charge < -0.3 is 9.97 Å². The van der Waals surface area contributed by atoms with Crippen molar-refractivity contribution >= 4 is 46.4 Å². The van der Waals surface area contributed by atoms with Crippen LogP contribution in [0, 0.1) is 0 Å². The highest BCUT2D eigenvalue weighted by Crippen LogP contribution is 2.28. The molecule has 5 heterocycles. The molecular weight excluding hydrogens is 440 g/mol. The van der Waals surface area contributed by atoms with E-state index in [0.29, 0.717) is 0 Å². The average Bonchev–Trinajstić information content (AvgIpc) is 3.69. The van der Waals surface area contributed by atoms with Crippen molar-refractivity contribution in [2.45, 2.75) is 78.6 Å². The van der Waals surface area contributed by atoms with E-state index in [0.717, 1.165) is 103 Å². The van der Waals surface area contributed by atoms with Crippen LogP contribution in [0.4, 0.5) is 0 Å². The molecule has 4 nitrogen and oxygen atoms in total. The number of aromatic amines is 2. The zero-order valence-corrected chi connectivity index (χ0v) is 22.0. The lowest BCUT2D eigenvalue weighted by molar-refractivity contribution is 0.785. The number of aryl methyl sites for hydroxylation is 2. The number of unbranched alkanes of at least 4 members (excludes halogenated alkanes) is 3. The third-order valence-electron chi connectivity index (χ3n) is 7.24. The molecule has 0 saturated carbocycles. The smallest absolute Gasteiger partial charge is 0.0691 e. The molecule has 3 aromatic rings. The lowest BCUT2D eigenvalue weighted by Crippen LogP contribution is -1.96. The highest BCUT2D eigenvalue weighted by Gasteiger charge is 2.15. The minimum atomic E-state index is 0.992. The van der Waals surface area contributed by atoms with E-state index in [4.69, 9.17) is 9.97 Å². The van der Waals surface area contributed by atoms with Crippen molar-refractivity contribution in [3.8, 4) is 0 Å². The van der Waals surface area contributed by atoms with Crippen LogP contribution in [0.15, 0.2) is 30.3 Å². The third kappa shape index (κ3) is 5.09. The normalized spacial score (nSPS) is 12.5. The maximum Gasteiger partial charge on any atom is 0.0691 e. The molecule has 0 saturated heterocycles. The standard InChI is InChI=1S/C32H38N4/c1-4-7-10-24-27-15-13-22(33-27)21-23-14-16-28(34-23)25(11-8-5-2)30-18-20-32(36-30)26(12-9-6-3)31-19-17-29(24)35-31/h13-21,33-34H,4-12H2,1-3H3. The fourth-order valence-corrected chi connectivity index (χ4v) is 5.16. The van der Waals surface area contributed by atoms with Crippen LogP contribution < -0.4 is 0 Å². The Kier molecular flexibility index (Phi) is 7.50. The monoisotopic (exact) mass is 478 g/mol. The second-order valence-corrected chi connectivity index (χ2v) is 9.98. The summed E-state index contributed by atoms with van der Waals surface area (Å²) in [6.07, 6.45) is 18.7. The fourth-order valence-electron chi connectivity index (χ4n) is 5.16. The molecule has 0 aromatic carbocycles. The number of fused-ring (bicyclic) bond motifs is 8. The Morgan fingerprint density at radius 1 is 0.528 bits per heavy atom. The van der Waals surface area contributed by atoms with Gasteiger partial charge in [0.1, 0.15) is 0 Å². The first kappa shape index (κ1) is 24.3. The number of H-pyrrole nitrogens is 2. The minimum Gasteiger partial charge on any atom is -0.355 e. The van der Waals surface area contributed by atoms with Crippen molar-refractivity contribution in [1.29, 1.82) is 0 Å². The van der Waals surface area contributed by atoms with Crippen molar-refractivity contribution in [2.75, 3.05) is 0 Å². The SMILES string of the molecule is CCCCc1c2nc(c(CCCC)c3ccc(cc4ccc([nH]4)c(CCCC)c4nc1C=C4)[nH]3)C=C2. The fraction of sp³-hybridized carbons (Fsp3) is 0.375. The molecule has 4 heteroatoms. The summed E-state index contributed by atoms with van der Waals surface area (Å²) in [5.41, 5.74) is 12.7. The van der Waals surface area contributed by atoms with Crippen LogP contribution in [0.3, 0.4) is 0 Å². The molecule has 0 fully saturated rings. The lowest BCUT2D eigenvalue weighted by atomic mass is 10.0. The molecule has 0 radical (unpaired) electrons. The van der Waals surface area contributed by atoms with Gasteiger partial charge in [0.15, 0.2) is 0 Å². The molecule has 8 bridgehead atoms. The summed E-state index contributed by atoms with van der Waals surface area (Å²) in [5, 5.41) is 0. The van der Waals surface area contributed by atoms with Gasteiger partial charge in [0, 0.05) is 38.8 Å². The molecule has 2 N–H and O–H groups in total. The predicted molar refractivity (Wildman–Crippen MR) is 155 cm³/mol. The van der Waals surface area contributed by atoms with Crippen molar-refractivity contribution in [3.05, 3.63) is 69.8 Å². The third-order valence-corrected chi connectivity index (χ3v) is 7.24. The van der Waals surface area contributed by atoms with Gasteiger partial charge in [0.05, 0.1) is 22.8 Å². The molecule has 36 heavy (non-hydrogen) atoms. The molecule has 5 rings (SSSR count). The van der Waals surface area contributed by atoms with Crippen LogP contribution in [0.1, 0.15) is 98.8 Å². The van der Waals surface area contributed by atoms with Gasteiger partial charge in [-0.1, -0.05) is 40.0 Å². The van der Waals surface area contributed by atoms with Gasteiger partial charge >= 0.3 is 0 Å². The number of nitrogens with zero attached hydrogens (tertiary/aromatic N) is 2. The van der Waals surface area contributed by atoms with Gasteiger partial charge in [-0.15, -0.1) is 0 Å². The number of hydrogen-bond acceptors (Lipinski definition) is 2. The highest BCUT2D eigenvalue weighted by molar-refractivity contribution is 5.82. The molecule has 0 atom stereocenters. The molecule has 0 amide bonds. The Morgan fingerprint density at radius 2 is 0.917 bits per heavy atom. The largest absolute Gasteiger partial charge is 0.355 e. The first-order valence-corrected chi connectivity index (χ1v) is 13.8. The molecule has 2 aliphatic rings. The quantitative estimate of drug-likeness (QED) is 0.223. The van der Waals surface area contributed by atoms with Gasteiger partial charge in [-0.25, -0.2) is 9.97 Å². The molecular formula is C32H38N4. The Morgan fingerprint density at radius 3 is 1.33 bits per heavy atom. The second kappa shape index (κ2) is 11.1. The molecule has 186 valence electrons. The number of nitrogens with one attached hydrogen (secondary N) is 2. The van der Waals surface area contributed by atoms with Gasteiger partial charge in [0.25, 0.3) is 0 Å². The summed E-state index contributed by atoms with van der Waals surface area (Å²) in [4.78, 5) is 17.7. The Labute approximate surface area is 214 Å². The van der Waals surface area contributed by atoms with Crippen LogP contribution in [0.2, 0.25) is 0 Å². The Hall–Kier alpha value is -3.40. The van der Waals surface area contributed by atoms with Crippen LogP contribution in [0.25, 0.3) is 46.4 Å². The van der Waals surface area contributed by atoms with Gasteiger partial charge in [-0.3, -0.25) is 0 Å². The first-order chi connectivity index (χ1) is 17.7. The van der Waals surface area contributed by atoms with Crippen LogP contribution in [0.5, 0.6) is 0 Å². The average molecular weight is 479 g/mol. The highest BCUT2D eigenvalue weighted by atomic mass is 14.8. The second-order valence-electron chi connectivity index (χ2n) is 9.98. The van der Waals surface area contributed by atoms with Gasteiger partial charge in [-0.2, -0.15) is 0 Å². The molecule has 3 aromatic heterocycles. The summed E-state index contributed by atoms with van der Waals surface area (Å²) in [7, 11) is 0. The summed E-state index contributed by atoms with van der Waals surface area (Å²) in [5.74, 6) is 0. The summed E-state index contributed by atoms with van der Waals surface area (Å²) in [6.45, 7) is 6.75. The van der Waals surface area contributed by atoms with Gasteiger partial charge in [-0.05, 0) is 93.2 Å². The maximum absolute atomic E-state index is 5.20. The molecule has 0 spiro atoms. The number of aromatic nitrogens is 4. The lowest BCUT2D eigenvalue weighted by Gasteiger charge is -2.05. The van der Waals surface area contributed by atoms with E-state index in [1.165, 1.54) is 16.7 Å². The van der Waals surface area contributed by atoms with E-state index >= 15 is 0 Å². The zero-order chi connectivity index (χ0) is 24.9. The number of hydrogen-bond donors (Lipinski definition) is 2. The van der Waals surface area contributed by atoms with Crippen LogP contribution in [-0.4, -0.2) is 19.9 Å². The zero-order valence-electron chi connectivity index (χ0n) is 22.0.